The molecule has 3 heterocycles. The summed E-state index contributed by atoms with van der Waals surface area (Å²) in [7, 11) is 0. The van der Waals surface area contributed by atoms with E-state index in [2.05, 4.69) is 9.97 Å². The minimum absolute atomic E-state index is 0.137. The van der Waals surface area contributed by atoms with Crippen molar-refractivity contribution in [2.75, 3.05) is 0 Å². The van der Waals surface area contributed by atoms with Gasteiger partial charge >= 0.3 is 0 Å². The first-order valence-corrected chi connectivity index (χ1v) is 6.39. The Balaban J connectivity index is 1.79. The van der Waals surface area contributed by atoms with Gasteiger partial charge < -0.3 is 14.2 Å². The molecule has 0 atom stereocenters. The van der Waals surface area contributed by atoms with E-state index in [4.69, 9.17) is 4.74 Å². The molecule has 0 fully saturated rings. The first-order chi connectivity index (χ1) is 9.76. The van der Waals surface area contributed by atoms with Gasteiger partial charge in [0.05, 0.1) is 12.3 Å². The predicted molar refractivity (Wildman–Crippen MR) is 74.4 cm³/mol. The van der Waals surface area contributed by atoms with Crippen LogP contribution in [0.1, 0.15) is 17.1 Å². The van der Waals surface area contributed by atoms with E-state index >= 15 is 0 Å². The number of rotatable bonds is 4. The standard InChI is InChI=1S/C15H15N3O2/c1-11-5-6-14(13(9-19)16-11)20-10-12-8-18-7-3-2-4-15(18)17-12/h2-8,19H,9-10H2,1H3. The van der Waals surface area contributed by atoms with Gasteiger partial charge in [-0.15, -0.1) is 0 Å². The molecule has 0 unspecified atom stereocenters. The third-order valence-electron chi connectivity index (χ3n) is 3.01. The topological polar surface area (TPSA) is 59.7 Å². The summed E-state index contributed by atoms with van der Waals surface area (Å²) in [6.45, 7) is 2.09. The van der Waals surface area contributed by atoms with Crippen molar-refractivity contribution in [2.45, 2.75) is 20.1 Å². The lowest BCUT2D eigenvalue weighted by Gasteiger charge is -2.08. The van der Waals surface area contributed by atoms with E-state index in [9.17, 15) is 5.11 Å². The Labute approximate surface area is 116 Å². The van der Waals surface area contributed by atoms with Gasteiger partial charge in [-0.05, 0) is 31.2 Å². The van der Waals surface area contributed by atoms with Crippen molar-refractivity contribution in [3.8, 4) is 5.75 Å². The number of hydrogen-bond acceptors (Lipinski definition) is 4. The maximum absolute atomic E-state index is 9.29. The summed E-state index contributed by atoms with van der Waals surface area (Å²) in [4.78, 5) is 8.70. The fourth-order valence-corrected chi connectivity index (χ4v) is 2.05. The SMILES string of the molecule is Cc1ccc(OCc2cn3ccccc3n2)c(CO)n1. The molecule has 0 radical (unpaired) electrons. The van der Waals surface area contributed by atoms with Crippen molar-refractivity contribution < 1.29 is 9.84 Å². The van der Waals surface area contributed by atoms with Crippen LogP contribution in [-0.2, 0) is 13.2 Å². The Morgan fingerprint density at radius 2 is 2.10 bits per heavy atom. The Bertz CT molecular complexity index is 704. The lowest BCUT2D eigenvalue weighted by molar-refractivity contribution is 0.252. The highest BCUT2D eigenvalue weighted by molar-refractivity contribution is 5.39. The van der Waals surface area contributed by atoms with Crippen molar-refractivity contribution in [2.24, 2.45) is 0 Å². The van der Waals surface area contributed by atoms with Crippen molar-refractivity contribution in [1.29, 1.82) is 0 Å². The van der Waals surface area contributed by atoms with Crippen LogP contribution in [0, 0.1) is 6.92 Å². The van der Waals surface area contributed by atoms with Gasteiger partial charge in [0.2, 0.25) is 0 Å². The smallest absolute Gasteiger partial charge is 0.143 e. The minimum atomic E-state index is -0.137. The summed E-state index contributed by atoms with van der Waals surface area (Å²) in [5.74, 6) is 0.593. The Kier molecular flexibility index (Phi) is 3.35. The van der Waals surface area contributed by atoms with Gasteiger partial charge in [-0.3, -0.25) is 4.98 Å². The number of aromatic nitrogens is 3. The van der Waals surface area contributed by atoms with Crippen LogP contribution in [0.3, 0.4) is 0 Å². The van der Waals surface area contributed by atoms with Crippen LogP contribution >= 0.6 is 0 Å². The molecule has 0 aliphatic carbocycles. The first kappa shape index (κ1) is 12.6. The third kappa shape index (κ3) is 2.48. The third-order valence-corrected chi connectivity index (χ3v) is 3.01. The number of aliphatic hydroxyl groups excluding tert-OH is 1. The van der Waals surface area contributed by atoms with E-state index in [1.807, 2.05) is 54.0 Å². The number of hydrogen-bond donors (Lipinski definition) is 1. The van der Waals surface area contributed by atoms with Crippen LogP contribution in [0.4, 0.5) is 0 Å². The zero-order valence-electron chi connectivity index (χ0n) is 11.2. The fraction of sp³-hybridized carbons (Fsp3) is 0.200. The van der Waals surface area contributed by atoms with Gasteiger partial charge in [-0.2, -0.15) is 0 Å². The van der Waals surface area contributed by atoms with Crippen LogP contribution in [0.2, 0.25) is 0 Å². The van der Waals surface area contributed by atoms with Gasteiger partial charge in [0, 0.05) is 18.1 Å². The maximum atomic E-state index is 9.29. The van der Waals surface area contributed by atoms with Crippen LogP contribution in [0.25, 0.3) is 5.65 Å². The summed E-state index contributed by atoms with van der Waals surface area (Å²) in [6, 6.07) is 9.52. The molecule has 1 N–H and O–H groups in total. The largest absolute Gasteiger partial charge is 0.485 e. The van der Waals surface area contributed by atoms with Crippen molar-refractivity contribution in [3.63, 3.8) is 0 Å². The number of fused-ring (bicyclic) bond motifs is 1. The molecule has 0 saturated heterocycles. The average Bonchev–Trinajstić information content (AvgIpc) is 2.88. The summed E-state index contributed by atoms with van der Waals surface area (Å²) in [6.07, 6.45) is 3.87. The Morgan fingerprint density at radius 3 is 2.90 bits per heavy atom. The van der Waals surface area contributed by atoms with E-state index in [0.717, 1.165) is 17.0 Å². The number of aryl methyl sites for hydroxylation is 1. The van der Waals surface area contributed by atoms with E-state index in [1.54, 1.807) is 0 Å². The molecule has 0 spiro atoms. The molecule has 3 rings (SSSR count). The molecular formula is C15H15N3O2. The van der Waals surface area contributed by atoms with E-state index in [-0.39, 0.29) is 6.61 Å². The minimum Gasteiger partial charge on any atom is -0.485 e. The van der Waals surface area contributed by atoms with Gasteiger partial charge in [0.25, 0.3) is 0 Å². The molecular weight excluding hydrogens is 254 g/mol. The molecule has 3 aromatic heterocycles. The molecule has 0 amide bonds. The monoisotopic (exact) mass is 269 g/mol. The first-order valence-electron chi connectivity index (χ1n) is 6.39. The summed E-state index contributed by atoms with van der Waals surface area (Å²) in [5, 5.41) is 9.29. The number of aliphatic hydroxyl groups is 1. The lowest BCUT2D eigenvalue weighted by Crippen LogP contribution is -2.01. The average molecular weight is 269 g/mol. The number of imidazole rings is 1. The number of ether oxygens (including phenoxy) is 1. The highest BCUT2D eigenvalue weighted by atomic mass is 16.5. The summed E-state index contributed by atoms with van der Waals surface area (Å²) < 4.78 is 7.64. The number of nitrogens with zero attached hydrogens (tertiary/aromatic N) is 3. The van der Waals surface area contributed by atoms with Crippen molar-refractivity contribution >= 4 is 5.65 Å². The van der Waals surface area contributed by atoms with Gasteiger partial charge in [-0.25, -0.2) is 4.98 Å². The van der Waals surface area contributed by atoms with Crippen molar-refractivity contribution in [1.82, 2.24) is 14.4 Å². The number of pyridine rings is 2. The zero-order chi connectivity index (χ0) is 13.9. The zero-order valence-corrected chi connectivity index (χ0v) is 11.2. The quantitative estimate of drug-likeness (QED) is 0.788. The second kappa shape index (κ2) is 5.30. The highest BCUT2D eigenvalue weighted by Crippen LogP contribution is 2.18. The molecule has 5 heteroatoms. The molecule has 0 aromatic carbocycles. The molecule has 0 saturated carbocycles. The Hall–Kier alpha value is -2.40. The van der Waals surface area contributed by atoms with Crippen LogP contribution in [0.5, 0.6) is 5.75 Å². The molecule has 0 bridgehead atoms. The second-order valence-electron chi connectivity index (χ2n) is 4.54. The Morgan fingerprint density at radius 1 is 1.20 bits per heavy atom. The predicted octanol–water partition coefficient (Wildman–Crippen LogP) is 2.11. The lowest BCUT2D eigenvalue weighted by atomic mass is 10.3. The van der Waals surface area contributed by atoms with Crippen LogP contribution < -0.4 is 4.74 Å². The van der Waals surface area contributed by atoms with Crippen molar-refractivity contribution in [3.05, 3.63) is 59.8 Å². The van der Waals surface area contributed by atoms with Gasteiger partial charge in [0.15, 0.2) is 0 Å². The fourth-order valence-electron chi connectivity index (χ4n) is 2.05. The van der Waals surface area contributed by atoms with E-state index < -0.39 is 0 Å². The molecule has 3 aromatic rings. The molecule has 0 aliphatic rings. The van der Waals surface area contributed by atoms with Crippen LogP contribution in [0.15, 0.2) is 42.7 Å². The van der Waals surface area contributed by atoms with Crippen LogP contribution in [-0.4, -0.2) is 19.5 Å². The second-order valence-corrected chi connectivity index (χ2v) is 4.54. The van der Waals surface area contributed by atoms with Gasteiger partial charge in [-0.1, -0.05) is 6.07 Å². The molecule has 0 aliphatic heterocycles. The molecule has 102 valence electrons. The van der Waals surface area contributed by atoms with Gasteiger partial charge in [0.1, 0.15) is 23.7 Å². The molecule has 5 nitrogen and oxygen atoms in total. The molecule has 20 heavy (non-hydrogen) atoms. The maximum Gasteiger partial charge on any atom is 0.143 e. The summed E-state index contributed by atoms with van der Waals surface area (Å²) in [5.41, 5.74) is 3.12. The highest BCUT2D eigenvalue weighted by Gasteiger charge is 2.07. The van der Waals surface area contributed by atoms with E-state index in [1.165, 1.54) is 0 Å². The summed E-state index contributed by atoms with van der Waals surface area (Å²) >= 11 is 0. The normalized spacial score (nSPS) is 10.9. The van der Waals surface area contributed by atoms with E-state index in [0.29, 0.717) is 18.1 Å².